The average molecular weight is 389 g/mol. The first-order chi connectivity index (χ1) is 13.4. The van der Waals surface area contributed by atoms with E-state index in [1.165, 1.54) is 4.90 Å². The van der Waals surface area contributed by atoms with Crippen LogP contribution in [0.4, 0.5) is 8.78 Å². The van der Waals surface area contributed by atoms with Crippen LogP contribution in [0, 0.1) is 11.8 Å². The van der Waals surface area contributed by atoms with Crippen LogP contribution in [0.5, 0.6) is 0 Å². The van der Waals surface area contributed by atoms with E-state index < -0.39 is 29.5 Å². The van der Waals surface area contributed by atoms with Crippen LogP contribution in [0.25, 0.3) is 0 Å². The lowest BCUT2D eigenvalue weighted by Crippen LogP contribution is -2.50. The van der Waals surface area contributed by atoms with E-state index in [-0.39, 0.29) is 37.7 Å². The maximum Gasteiger partial charge on any atom is 0.251 e. The van der Waals surface area contributed by atoms with E-state index in [0.29, 0.717) is 13.1 Å². The van der Waals surface area contributed by atoms with Gasteiger partial charge in [0.1, 0.15) is 5.60 Å². The zero-order chi connectivity index (χ0) is 19.5. The largest absolute Gasteiger partial charge is 0.360 e. The lowest BCUT2D eigenvalue weighted by Gasteiger charge is -2.35. The highest BCUT2D eigenvalue weighted by Gasteiger charge is 2.67. The third-order valence-electron chi connectivity index (χ3n) is 6.37. The van der Waals surface area contributed by atoms with Crippen molar-refractivity contribution in [2.75, 3.05) is 19.6 Å². The zero-order valence-corrected chi connectivity index (χ0v) is 15.3. The van der Waals surface area contributed by atoms with E-state index in [9.17, 15) is 18.4 Å². The Hall–Kier alpha value is -2.35. The number of rotatable bonds is 3. The Morgan fingerprint density at radius 1 is 1.32 bits per heavy atom. The fourth-order valence-electron chi connectivity index (χ4n) is 4.97. The van der Waals surface area contributed by atoms with Gasteiger partial charge in [0.25, 0.3) is 5.92 Å². The van der Waals surface area contributed by atoms with Gasteiger partial charge in [-0.05, 0) is 11.6 Å². The monoisotopic (exact) mass is 389 g/mol. The van der Waals surface area contributed by atoms with Gasteiger partial charge in [0.2, 0.25) is 11.8 Å². The van der Waals surface area contributed by atoms with Crippen LogP contribution < -0.4 is 0 Å². The van der Waals surface area contributed by atoms with Crippen LogP contribution in [0.15, 0.2) is 36.7 Å². The molecule has 1 aromatic heterocycles. The highest BCUT2D eigenvalue weighted by atomic mass is 19.3. The quantitative estimate of drug-likeness (QED) is 0.737. The summed E-state index contributed by atoms with van der Waals surface area (Å²) in [4.78, 5) is 33.6. The molecule has 0 radical (unpaired) electrons. The van der Waals surface area contributed by atoms with E-state index in [0.717, 1.165) is 5.56 Å². The number of fused-ring (bicyclic) bond motifs is 1. The number of ether oxygens (including phenoxy) is 1. The number of amides is 2. The van der Waals surface area contributed by atoms with Crippen molar-refractivity contribution in [3.05, 3.63) is 42.2 Å². The molecule has 3 fully saturated rings. The maximum absolute atomic E-state index is 13.5. The van der Waals surface area contributed by atoms with E-state index in [1.54, 1.807) is 17.3 Å². The average Bonchev–Trinajstić information content (AvgIpc) is 3.31. The van der Waals surface area contributed by atoms with Crippen LogP contribution in [-0.4, -0.2) is 63.9 Å². The number of hydrogen-bond acceptors (Lipinski definition) is 4. The van der Waals surface area contributed by atoms with Crippen LogP contribution in [0.3, 0.4) is 0 Å². The molecule has 28 heavy (non-hydrogen) atoms. The van der Waals surface area contributed by atoms with Crippen molar-refractivity contribution in [3.63, 3.8) is 0 Å². The number of nitrogens with zero attached hydrogens (tertiary/aromatic N) is 3. The Kier molecular flexibility index (Phi) is 3.84. The summed E-state index contributed by atoms with van der Waals surface area (Å²) in [5.41, 5.74) is 0.121. The molecule has 4 aliphatic rings. The molecule has 0 aromatic carbocycles. The molecule has 2 unspecified atom stereocenters. The standard InChI is InChI=1S/C20H21F2N3O3/c21-20(22)5-8-24(9-6-20)17(26)15-14-3-4-19(28-14)12-25(18(27)16(15)19)11-13-2-1-7-23-10-13/h1-4,7,10,14-16H,5-6,8-9,11-12H2/t14-,15?,16?,19-/m1/s1. The molecule has 5 heterocycles. The topological polar surface area (TPSA) is 62.7 Å². The number of carbonyl (C=O) groups is 2. The van der Waals surface area contributed by atoms with Gasteiger partial charge in [-0.15, -0.1) is 0 Å². The Bertz CT molecular complexity index is 836. The Morgan fingerprint density at radius 2 is 2.11 bits per heavy atom. The minimum Gasteiger partial charge on any atom is -0.360 e. The van der Waals surface area contributed by atoms with E-state index in [1.807, 2.05) is 24.3 Å². The van der Waals surface area contributed by atoms with Crippen molar-refractivity contribution in [2.24, 2.45) is 11.8 Å². The van der Waals surface area contributed by atoms with E-state index in [4.69, 9.17) is 4.74 Å². The highest BCUT2D eigenvalue weighted by molar-refractivity contribution is 5.93. The first-order valence-electron chi connectivity index (χ1n) is 9.60. The second-order valence-corrected chi connectivity index (χ2v) is 8.14. The molecule has 6 nitrogen and oxygen atoms in total. The number of carbonyl (C=O) groups excluding carboxylic acids is 2. The SMILES string of the molecule is O=C(C1C2C(=O)N(Cc3cccnc3)C[C@]23C=C[C@H]1O3)N1CCC(F)(F)CC1. The highest BCUT2D eigenvalue weighted by Crippen LogP contribution is 2.52. The lowest BCUT2D eigenvalue weighted by atomic mass is 9.76. The lowest BCUT2D eigenvalue weighted by molar-refractivity contribution is -0.147. The maximum atomic E-state index is 13.5. The minimum absolute atomic E-state index is 0.0199. The number of likely N-dealkylation sites (tertiary alicyclic amines) is 2. The molecule has 148 valence electrons. The molecule has 0 N–H and O–H groups in total. The number of alkyl halides is 2. The molecule has 4 atom stereocenters. The van der Waals surface area contributed by atoms with E-state index in [2.05, 4.69) is 4.98 Å². The fraction of sp³-hybridized carbons (Fsp3) is 0.550. The molecular formula is C20H21F2N3O3. The predicted octanol–water partition coefficient (Wildman–Crippen LogP) is 1.62. The smallest absolute Gasteiger partial charge is 0.251 e. The van der Waals surface area contributed by atoms with Gasteiger partial charge in [-0.25, -0.2) is 8.78 Å². The van der Waals surface area contributed by atoms with Crippen LogP contribution in [0.1, 0.15) is 18.4 Å². The Morgan fingerprint density at radius 3 is 2.82 bits per heavy atom. The number of aromatic nitrogens is 1. The summed E-state index contributed by atoms with van der Waals surface area (Å²) in [6.45, 7) is 0.835. The van der Waals surface area contributed by atoms with Crippen LogP contribution in [-0.2, 0) is 20.9 Å². The first-order valence-corrected chi connectivity index (χ1v) is 9.60. The summed E-state index contributed by atoms with van der Waals surface area (Å²) in [5.74, 6) is -4.30. The molecule has 2 bridgehead atoms. The third-order valence-corrected chi connectivity index (χ3v) is 6.37. The zero-order valence-electron chi connectivity index (χ0n) is 15.3. The van der Waals surface area contributed by atoms with Gasteiger partial charge in [-0.1, -0.05) is 18.2 Å². The summed E-state index contributed by atoms with van der Waals surface area (Å²) in [5, 5.41) is 0. The molecule has 4 aliphatic heterocycles. The molecule has 2 amide bonds. The van der Waals surface area contributed by atoms with Gasteiger partial charge in [-0.2, -0.15) is 0 Å². The number of halogens is 2. The molecule has 0 aliphatic carbocycles. The Labute approximate surface area is 161 Å². The summed E-state index contributed by atoms with van der Waals surface area (Å²) >= 11 is 0. The van der Waals surface area contributed by atoms with Crippen molar-refractivity contribution in [1.82, 2.24) is 14.8 Å². The molecule has 5 rings (SSSR count). The summed E-state index contributed by atoms with van der Waals surface area (Å²) in [7, 11) is 0. The predicted molar refractivity (Wildman–Crippen MR) is 94.1 cm³/mol. The van der Waals surface area contributed by atoms with Gasteiger partial charge < -0.3 is 14.5 Å². The summed E-state index contributed by atoms with van der Waals surface area (Å²) in [6.07, 6.45) is 6.02. The van der Waals surface area contributed by atoms with Gasteiger partial charge in [-0.3, -0.25) is 14.6 Å². The van der Waals surface area contributed by atoms with Crippen molar-refractivity contribution in [3.8, 4) is 0 Å². The number of pyridine rings is 1. The van der Waals surface area contributed by atoms with Crippen LogP contribution in [0.2, 0.25) is 0 Å². The van der Waals surface area contributed by atoms with Gasteiger partial charge in [0.05, 0.1) is 24.5 Å². The van der Waals surface area contributed by atoms with Crippen molar-refractivity contribution in [1.29, 1.82) is 0 Å². The fourth-order valence-corrected chi connectivity index (χ4v) is 4.97. The van der Waals surface area contributed by atoms with Crippen LogP contribution >= 0.6 is 0 Å². The molecular weight excluding hydrogens is 368 g/mol. The van der Waals surface area contributed by atoms with Gasteiger partial charge >= 0.3 is 0 Å². The van der Waals surface area contributed by atoms with Crippen molar-refractivity contribution < 1.29 is 23.1 Å². The van der Waals surface area contributed by atoms with Crippen molar-refractivity contribution in [2.45, 2.75) is 37.0 Å². The van der Waals surface area contributed by atoms with Gasteiger partial charge in [0, 0.05) is 44.9 Å². The van der Waals surface area contributed by atoms with Gasteiger partial charge in [0.15, 0.2) is 0 Å². The number of hydrogen-bond donors (Lipinski definition) is 0. The normalized spacial score (nSPS) is 35.5. The third kappa shape index (κ3) is 2.65. The molecule has 1 aromatic rings. The number of piperidine rings is 1. The van der Waals surface area contributed by atoms with Crippen molar-refractivity contribution >= 4 is 11.8 Å². The summed E-state index contributed by atoms with van der Waals surface area (Å²) < 4.78 is 33.0. The molecule has 8 heteroatoms. The Balaban J connectivity index is 1.36. The van der Waals surface area contributed by atoms with E-state index >= 15 is 0 Å². The molecule has 1 spiro atoms. The first kappa shape index (κ1) is 17.7. The second kappa shape index (κ2) is 6.07. The summed E-state index contributed by atoms with van der Waals surface area (Å²) in [6, 6.07) is 3.71. The second-order valence-electron chi connectivity index (χ2n) is 8.14. The molecule has 0 saturated carbocycles. The minimum atomic E-state index is -2.72. The molecule has 3 saturated heterocycles.